The van der Waals surface area contributed by atoms with E-state index in [-0.39, 0.29) is 29.5 Å². The monoisotopic (exact) mass is 388 g/mol. The lowest BCUT2D eigenvalue weighted by Crippen LogP contribution is -2.30. The Morgan fingerprint density at radius 2 is 1.96 bits per heavy atom. The lowest BCUT2D eigenvalue weighted by molar-refractivity contribution is -0.138. The molecular formula is C20H20BF3N2O2. The Labute approximate surface area is 163 Å². The van der Waals surface area contributed by atoms with Gasteiger partial charge in [0, 0.05) is 28.8 Å². The fraction of sp³-hybridized carbons (Fsp3) is 0.400. The Kier molecular flexibility index (Phi) is 6.08. The lowest BCUT2D eigenvalue weighted by atomic mass is 9.92. The molecule has 1 aromatic carbocycles. The Morgan fingerprint density at radius 1 is 1.25 bits per heavy atom. The van der Waals surface area contributed by atoms with E-state index in [0.29, 0.717) is 0 Å². The van der Waals surface area contributed by atoms with Crippen LogP contribution in [-0.2, 0) is 12.8 Å². The minimum absolute atomic E-state index is 0.0162. The SMILES string of the molecule is [B]N1CCC(c2cccc(OCc3ccc(C(C)=O)cc3C(F)(F)F)n2)CC1. The van der Waals surface area contributed by atoms with E-state index in [4.69, 9.17) is 12.7 Å². The zero-order chi connectivity index (χ0) is 20.3. The quantitative estimate of drug-likeness (QED) is 0.570. The van der Waals surface area contributed by atoms with E-state index in [0.717, 1.165) is 37.7 Å². The second-order valence-electron chi connectivity index (χ2n) is 6.93. The van der Waals surface area contributed by atoms with Crippen molar-refractivity contribution in [3.8, 4) is 5.88 Å². The summed E-state index contributed by atoms with van der Waals surface area (Å²) in [6, 6.07) is 8.83. The Balaban J connectivity index is 1.75. The van der Waals surface area contributed by atoms with Gasteiger partial charge in [0.15, 0.2) is 13.8 Å². The maximum absolute atomic E-state index is 13.4. The van der Waals surface area contributed by atoms with Crippen molar-refractivity contribution in [3.63, 3.8) is 0 Å². The average molecular weight is 388 g/mol. The lowest BCUT2D eigenvalue weighted by Gasteiger charge is -2.29. The molecule has 0 unspecified atom stereocenters. The van der Waals surface area contributed by atoms with Crippen LogP contribution in [0.5, 0.6) is 5.88 Å². The van der Waals surface area contributed by atoms with Crippen LogP contribution in [0.15, 0.2) is 36.4 Å². The van der Waals surface area contributed by atoms with E-state index in [1.54, 1.807) is 16.9 Å². The van der Waals surface area contributed by atoms with Crippen LogP contribution in [0, 0.1) is 0 Å². The molecule has 0 bridgehead atoms. The average Bonchev–Trinajstić information content (AvgIpc) is 2.66. The van der Waals surface area contributed by atoms with E-state index < -0.39 is 17.5 Å². The molecule has 1 aliphatic heterocycles. The van der Waals surface area contributed by atoms with Crippen LogP contribution in [0.3, 0.4) is 0 Å². The summed E-state index contributed by atoms with van der Waals surface area (Å²) in [6.07, 6.45) is -2.83. The number of ether oxygens (including phenoxy) is 1. The number of hydrogen-bond donors (Lipinski definition) is 0. The fourth-order valence-corrected chi connectivity index (χ4v) is 3.27. The molecule has 2 heterocycles. The molecule has 0 aliphatic carbocycles. The summed E-state index contributed by atoms with van der Waals surface area (Å²) in [5.41, 5.74) is -0.0381. The van der Waals surface area contributed by atoms with E-state index in [9.17, 15) is 18.0 Å². The van der Waals surface area contributed by atoms with Gasteiger partial charge in [-0.2, -0.15) is 13.2 Å². The number of piperidine rings is 1. The highest BCUT2D eigenvalue weighted by Gasteiger charge is 2.34. The molecule has 8 heteroatoms. The Bertz CT molecular complexity index is 850. The number of rotatable bonds is 5. The van der Waals surface area contributed by atoms with Crippen LogP contribution in [-0.4, -0.2) is 36.6 Å². The van der Waals surface area contributed by atoms with Crippen molar-refractivity contribution in [1.82, 2.24) is 9.79 Å². The molecule has 1 aromatic heterocycles. The van der Waals surface area contributed by atoms with E-state index in [2.05, 4.69) is 4.98 Å². The number of nitrogens with zero attached hydrogens (tertiary/aromatic N) is 2. The maximum Gasteiger partial charge on any atom is 0.416 e. The van der Waals surface area contributed by atoms with Gasteiger partial charge >= 0.3 is 6.18 Å². The number of aromatic nitrogens is 1. The summed E-state index contributed by atoms with van der Waals surface area (Å²) in [4.78, 5) is 17.6. The van der Waals surface area contributed by atoms with Crippen molar-refractivity contribution in [1.29, 1.82) is 0 Å². The van der Waals surface area contributed by atoms with Crippen molar-refractivity contribution in [3.05, 3.63) is 58.8 Å². The number of benzene rings is 1. The minimum Gasteiger partial charge on any atom is -0.473 e. The molecule has 0 saturated carbocycles. The molecule has 2 aromatic rings. The Morgan fingerprint density at radius 3 is 2.61 bits per heavy atom. The van der Waals surface area contributed by atoms with Gasteiger partial charge in [-0.15, -0.1) is 0 Å². The van der Waals surface area contributed by atoms with Crippen LogP contribution in [0.4, 0.5) is 13.2 Å². The number of alkyl halides is 3. The van der Waals surface area contributed by atoms with Crippen LogP contribution in [0.2, 0.25) is 0 Å². The van der Waals surface area contributed by atoms with Crippen LogP contribution in [0.25, 0.3) is 0 Å². The summed E-state index contributed by atoms with van der Waals surface area (Å²) in [6.45, 7) is 2.49. The number of pyridine rings is 1. The van der Waals surface area contributed by atoms with Gasteiger partial charge in [0.1, 0.15) is 6.61 Å². The molecule has 1 fully saturated rings. The predicted molar refractivity (Wildman–Crippen MR) is 99.3 cm³/mol. The van der Waals surface area contributed by atoms with Gasteiger partial charge in [-0.05, 0) is 45.0 Å². The largest absolute Gasteiger partial charge is 0.473 e. The maximum atomic E-state index is 13.4. The first-order valence-corrected chi connectivity index (χ1v) is 9.04. The van der Waals surface area contributed by atoms with Gasteiger partial charge in [0.25, 0.3) is 0 Å². The molecule has 0 spiro atoms. The topological polar surface area (TPSA) is 42.4 Å². The molecule has 1 aliphatic rings. The molecule has 0 N–H and O–H groups in total. The molecule has 3 rings (SSSR count). The number of Topliss-reactive ketones (excluding diaryl/α,β-unsaturated/α-hetero) is 1. The minimum atomic E-state index is -4.57. The molecular weight excluding hydrogens is 368 g/mol. The number of carbonyl (C=O) groups excluding carboxylic acids is 1. The van der Waals surface area contributed by atoms with Gasteiger partial charge < -0.3 is 9.55 Å². The summed E-state index contributed by atoms with van der Waals surface area (Å²) < 4.78 is 45.6. The highest BCUT2D eigenvalue weighted by atomic mass is 19.4. The number of halogens is 3. The first-order chi connectivity index (χ1) is 13.2. The molecule has 146 valence electrons. The third-order valence-corrected chi connectivity index (χ3v) is 4.89. The van der Waals surface area contributed by atoms with Crippen molar-refractivity contribution < 1.29 is 22.7 Å². The molecule has 28 heavy (non-hydrogen) atoms. The van der Waals surface area contributed by atoms with Gasteiger partial charge in [0.2, 0.25) is 5.88 Å². The summed E-state index contributed by atoms with van der Waals surface area (Å²) in [5.74, 6) is 0.108. The molecule has 2 radical (unpaired) electrons. The Hall–Kier alpha value is -2.35. The highest BCUT2D eigenvalue weighted by molar-refractivity contribution is 6.04. The second kappa shape index (κ2) is 8.35. The summed E-state index contributed by atoms with van der Waals surface area (Å²) in [5, 5.41) is 0. The van der Waals surface area contributed by atoms with E-state index >= 15 is 0 Å². The zero-order valence-corrected chi connectivity index (χ0v) is 15.5. The molecule has 0 amide bonds. The zero-order valence-electron chi connectivity index (χ0n) is 15.5. The first kappa shape index (κ1) is 20.4. The highest BCUT2D eigenvalue weighted by Crippen LogP contribution is 2.33. The van der Waals surface area contributed by atoms with Crippen molar-refractivity contribution in [2.45, 2.75) is 38.5 Å². The second-order valence-corrected chi connectivity index (χ2v) is 6.93. The van der Waals surface area contributed by atoms with Crippen LogP contribution >= 0.6 is 0 Å². The smallest absolute Gasteiger partial charge is 0.416 e. The number of carbonyl (C=O) groups is 1. The van der Waals surface area contributed by atoms with Gasteiger partial charge in [-0.25, -0.2) is 4.98 Å². The standard InChI is InChI=1S/C20H20BF3N2O2/c1-13(27)15-5-6-16(17(11-15)20(22,23)24)12-28-19-4-2-3-18(25-19)14-7-9-26(21)10-8-14/h2-6,11,14H,7-10,12H2,1H3. The van der Waals surface area contributed by atoms with Crippen molar-refractivity contribution in [2.75, 3.05) is 13.1 Å². The normalized spacial score (nSPS) is 16.1. The van der Waals surface area contributed by atoms with E-state index in [1.165, 1.54) is 19.1 Å². The van der Waals surface area contributed by atoms with Gasteiger partial charge in [0.05, 0.1) is 5.56 Å². The number of ketones is 1. The van der Waals surface area contributed by atoms with Crippen LogP contribution < -0.4 is 4.74 Å². The third kappa shape index (κ3) is 4.92. The van der Waals surface area contributed by atoms with E-state index in [1.807, 2.05) is 6.07 Å². The number of hydrogen-bond acceptors (Lipinski definition) is 4. The van der Waals surface area contributed by atoms with Gasteiger partial charge in [-0.1, -0.05) is 18.2 Å². The molecule has 4 nitrogen and oxygen atoms in total. The summed E-state index contributed by atoms with van der Waals surface area (Å²) in [7, 11) is 5.77. The molecule has 0 atom stereocenters. The van der Waals surface area contributed by atoms with Gasteiger partial charge in [-0.3, -0.25) is 4.79 Å². The third-order valence-electron chi connectivity index (χ3n) is 4.89. The predicted octanol–water partition coefficient (Wildman–Crippen LogP) is 4.14. The van der Waals surface area contributed by atoms with Crippen molar-refractivity contribution >= 4 is 13.8 Å². The molecule has 1 saturated heterocycles. The summed E-state index contributed by atoms with van der Waals surface area (Å²) >= 11 is 0. The van der Waals surface area contributed by atoms with Crippen LogP contribution in [0.1, 0.15) is 52.9 Å². The first-order valence-electron chi connectivity index (χ1n) is 9.04. The van der Waals surface area contributed by atoms with Crippen molar-refractivity contribution in [2.24, 2.45) is 0 Å². The fourth-order valence-electron chi connectivity index (χ4n) is 3.27.